The molecule has 1 aromatic carbocycles. The van der Waals surface area contributed by atoms with Crippen molar-refractivity contribution in [3.63, 3.8) is 0 Å². The van der Waals surface area contributed by atoms with E-state index in [2.05, 4.69) is 19.2 Å². The molecule has 0 bridgehead atoms. The number of ether oxygens (including phenoxy) is 2. The first-order chi connectivity index (χ1) is 9.13. The third kappa shape index (κ3) is 6.66. The van der Waals surface area contributed by atoms with Crippen molar-refractivity contribution in [1.29, 1.82) is 0 Å². The highest BCUT2D eigenvalue weighted by Crippen LogP contribution is 2.11. The molecule has 0 amide bonds. The predicted molar refractivity (Wildman–Crippen MR) is 74.5 cm³/mol. The number of hydrogen-bond donors (Lipinski definition) is 1. The Bertz CT molecular complexity index is 369. The molecule has 0 fully saturated rings. The van der Waals surface area contributed by atoms with Gasteiger partial charge >= 0.3 is 0 Å². The molecule has 4 heteroatoms. The highest BCUT2D eigenvalue weighted by atomic mass is 19.1. The Labute approximate surface area is 115 Å². The zero-order valence-electron chi connectivity index (χ0n) is 12.0. The van der Waals surface area contributed by atoms with Crippen molar-refractivity contribution < 1.29 is 13.9 Å². The van der Waals surface area contributed by atoms with Crippen molar-refractivity contribution in [3.05, 3.63) is 35.1 Å². The molecule has 0 aliphatic carbocycles. The molecule has 0 saturated heterocycles. The van der Waals surface area contributed by atoms with Gasteiger partial charge < -0.3 is 14.8 Å². The maximum Gasteiger partial charge on any atom is 0.128 e. The first kappa shape index (κ1) is 16.1. The molecule has 0 spiro atoms. The summed E-state index contributed by atoms with van der Waals surface area (Å²) >= 11 is 0. The molecule has 0 saturated carbocycles. The molecule has 0 radical (unpaired) electrons. The Kier molecular flexibility index (Phi) is 7.63. The SMILES string of the molecule is CNCc1ccc(F)c(COCCOCC(C)C)c1. The monoisotopic (exact) mass is 269 g/mol. The predicted octanol–water partition coefficient (Wildman–Crippen LogP) is 2.73. The Morgan fingerprint density at radius 1 is 1.21 bits per heavy atom. The number of hydrogen-bond acceptors (Lipinski definition) is 3. The molecule has 0 heterocycles. The van der Waals surface area contributed by atoms with E-state index in [1.165, 1.54) is 6.07 Å². The van der Waals surface area contributed by atoms with Gasteiger partial charge in [-0.15, -0.1) is 0 Å². The average Bonchev–Trinajstić information content (AvgIpc) is 2.37. The Morgan fingerprint density at radius 2 is 1.95 bits per heavy atom. The van der Waals surface area contributed by atoms with Crippen molar-refractivity contribution in [1.82, 2.24) is 5.32 Å². The van der Waals surface area contributed by atoms with Gasteiger partial charge in [0.05, 0.1) is 19.8 Å². The van der Waals surface area contributed by atoms with Crippen LogP contribution >= 0.6 is 0 Å². The zero-order valence-corrected chi connectivity index (χ0v) is 12.0. The Balaban J connectivity index is 2.30. The van der Waals surface area contributed by atoms with Crippen LogP contribution in [0.3, 0.4) is 0 Å². The highest BCUT2D eigenvalue weighted by Gasteiger charge is 2.04. The minimum absolute atomic E-state index is 0.219. The van der Waals surface area contributed by atoms with Gasteiger partial charge in [-0.3, -0.25) is 0 Å². The van der Waals surface area contributed by atoms with E-state index in [0.717, 1.165) is 18.7 Å². The van der Waals surface area contributed by atoms with Crippen LogP contribution in [0.15, 0.2) is 18.2 Å². The zero-order chi connectivity index (χ0) is 14.1. The lowest BCUT2D eigenvalue weighted by atomic mass is 10.1. The fourth-order valence-electron chi connectivity index (χ4n) is 1.67. The summed E-state index contributed by atoms with van der Waals surface area (Å²) in [5.41, 5.74) is 1.65. The molecule has 19 heavy (non-hydrogen) atoms. The van der Waals surface area contributed by atoms with Crippen molar-refractivity contribution >= 4 is 0 Å². The third-order valence-electron chi connectivity index (χ3n) is 2.57. The van der Waals surface area contributed by atoms with Crippen molar-refractivity contribution in [3.8, 4) is 0 Å². The van der Waals surface area contributed by atoms with Gasteiger partial charge in [-0.05, 0) is 30.7 Å². The number of benzene rings is 1. The molecule has 0 aliphatic rings. The highest BCUT2D eigenvalue weighted by molar-refractivity contribution is 5.24. The third-order valence-corrected chi connectivity index (χ3v) is 2.57. The smallest absolute Gasteiger partial charge is 0.128 e. The number of rotatable bonds is 9. The van der Waals surface area contributed by atoms with E-state index >= 15 is 0 Å². The molecule has 0 aliphatic heterocycles. The molecule has 0 unspecified atom stereocenters. The summed E-state index contributed by atoms with van der Waals surface area (Å²) in [6.07, 6.45) is 0. The van der Waals surface area contributed by atoms with Crippen LogP contribution in [0.5, 0.6) is 0 Å². The van der Waals surface area contributed by atoms with Gasteiger partial charge in [-0.2, -0.15) is 0 Å². The van der Waals surface area contributed by atoms with Gasteiger partial charge in [0.25, 0.3) is 0 Å². The molecule has 0 aromatic heterocycles. The standard InChI is InChI=1S/C15H24FNO2/c1-12(2)10-18-6-7-19-11-14-8-13(9-17-3)4-5-15(14)16/h4-5,8,12,17H,6-7,9-11H2,1-3H3. The van der Waals surface area contributed by atoms with Crippen LogP contribution in [-0.4, -0.2) is 26.9 Å². The van der Waals surface area contributed by atoms with Gasteiger partial charge in [0.15, 0.2) is 0 Å². The van der Waals surface area contributed by atoms with Crippen LogP contribution in [0.25, 0.3) is 0 Å². The second-order valence-corrected chi connectivity index (χ2v) is 4.98. The van der Waals surface area contributed by atoms with Crippen LogP contribution < -0.4 is 5.32 Å². The topological polar surface area (TPSA) is 30.5 Å². The lowest BCUT2D eigenvalue weighted by molar-refractivity contribution is 0.0306. The normalized spacial score (nSPS) is 11.2. The van der Waals surface area contributed by atoms with E-state index < -0.39 is 0 Å². The molecule has 0 atom stereocenters. The average molecular weight is 269 g/mol. The van der Waals surface area contributed by atoms with E-state index in [1.807, 2.05) is 13.1 Å². The quantitative estimate of drug-likeness (QED) is 0.699. The summed E-state index contributed by atoms with van der Waals surface area (Å²) in [7, 11) is 1.87. The molecule has 1 rings (SSSR count). The van der Waals surface area contributed by atoms with Crippen molar-refractivity contribution in [2.45, 2.75) is 27.0 Å². The minimum atomic E-state index is -0.219. The van der Waals surface area contributed by atoms with Crippen molar-refractivity contribution in [2.75, 3.05) is 26.9 Å². The lowest BCUT2D eigenvalue weighted by Crippen LogP contribution is -2.09. The summed E-state index contributed by atoms with van der Waals surface area (Å²) in [6, 6.07) is 5.10. The fraction of sp³-hybridized carbons (Fsp3) is 0.600. The van der Waals surface area contributed by atoms with Crippen LogP contribution in [0.1, 0.15) is 25.0 Å². The fourth-order valence-corrected chi connectivity index (χ4v) is 1.67. The lowest BCUT2D eigenvalue weighted by Gasteiger charge is -2.09. The van der Waals surface area contributed by atoms with Crippen molar-refractivity contribution in [2.24, 2.45) is 5.92 Å². The maximum absolute atomic E-state index is 13.6. The van der Waals surface area contributed by atoms with Gasteiger partial charge in [-0.25, -0.2) is 4.39 Å². The molecule has 3 nitrogen and oxygen atoms in total. The number of nitrogens with one attached hydrogen (secondary N) is 1. The van der Waals surface area contributed by atoms with Gasteiger partial charge in [0.1, 0.15) is 5.82 Å². The van der Waals surface area contributed by atoms with Gasteiger partial charge in [0, 0.05) is 18.7 Å². The van der Waals surface area contributed by atoms with E-state index in [4.69, 9.17) is 9.47 Å². The largest absolute Gasteiger partial charge is 0.379 e. The summed E-state index contributed by atoms with van der Waals surface area (Å²) in [5.74, 6) is 0.304. The summed E-state index contributed by atoms with van der Waals surface area (Å²) in [5, 5.41) is 3.04. The summed E-state index contributed by atoms with van der Waals surface area (Å²) in [4.78, 5) is 0. The van der Waals surface area contributed by atoms with Gasteiger partial charge in [-0.1, -0.05) is 19.9 Å². The Morgan fingerprint density at radius 3 is 2.63 bits per heavy atom. The van der Waals surface area contributed by atoms with E-state index in [1.54, 1.807) is 6.07 Å². The molecule has 1 aromatic rings. The van der Waals surface area contributed by atoms with Gasteiger partial charge in [0.2, 0.25) is 0 Å². The second-order valence-electron chi connectivity index (χ2n) is 4.98. The molecular weight excluding hydrogens is 245 g/mol. The minimum Gasteiger partial charge on any atom is -0.379 e. The molecule has 1 N–H and O–H groups in total. The van der Waals surface area contributed by atoms with E-state index in [9.17, 15) is 4.39 Å². The second kappa shape index (κ2) is 9.02. The first-order valence-corrected chi connectivity index (χ1v) is 6.71. The molecule has 108 valence electrons. The molecular formula is C15H24FNO2. The number of halogens is 1. The maximum atomic E-state index is 13.6. The van der Waals surface area contributed by atoms with E-state index in [0.29, 0.717) is 24.7 Å². The van der Waals surface area contributed by atoms with Crippen LogP contribution in [0.4, 0.5) is 4.39 Å². The first-order valence-electron chi connectivity index (χ1n) is 6.71. The summed E-state index contributed by atoms with van der Waals surface area (Å²) < 4.78 is 24.4. The van der Waals surface area contributed by atoms with Crippen LogP contribution in [0, 0.1) is 11.7 Å². The summed E-state index contributed by atoms with van der Waals surface area (Å²) in [6.45, 7) is 6.99. The van der Waals surface area contributed by atoms with E-state index in [-0.39, 0.29) is 12.4 Å². The van der Waals surface area contributed by atoms with Crippen LogP contribution in [-0.2, 0) is 22.6 Å². The van der Waals surface area contributed by atoms with Crippen LogP contribution in [0.2, 0.25) is 0 Å². The Hall–Kier alpha value is -0.970.